The summed E-state index contributed by atoms with van der Waals surface area (Å²) in [5.41, 5.74) is 0.220. The molecule has 1 radical (unpaired) electrons. The molecule has 4 heteroatoms. The zero-order valence-electron chi connectivity index (χ0n) is 4.99. The number of carboxylic acid groups (broad SMARTS) is 1. The zero-order valence-corrected chi connectivity index (χ0v) is 7.42. The van der Waals surface area contributed by atoms with Gasteiger partial charge in [0, 0.05) is 61.8 Å². The summed E-state index contributed by atoms with van der Waals surface area (Å²) in [4.78, 5) is 13.8. The molecular weight excluding hydrogens is 270 g/mol. The van der Waals surface area contributed by atoms with E-state index in [1.165, 1.54) is 18.5 Å². The number of carboxylic acids is 1. The first-order valence-electron chi connectivity index (χ1n) is 2.44. The molecule has 0 aliphatic carbocycles. The molecule has 10 heavy (non-hydrogen) atoms. The summed E-state index contributed by atoms with van der Waals surface area (Å²) in [7, 11) is 0. The summed E-state index contributed by atoms with van der Waals surface area (Å²) in [6.07, 6.45) is 2.84. The van der Waals surface area contributed by atoms with E-state index in [1.54, 1.807) is 6.07 Å². The molecule has 0 spiro atoms. The fourth-order valence-electron chi connectivity index (χ4n) is 0.489. The first-order chi connectivity index (χ1) is 4.30. The van der Waals surface area contributed by atoms with Gasteiger partial charge in [0.05, 0.1) is 5.56 Å². The zero-order chi connectivity index (χ0) is 6.69. The minimum atomic E-state index is -0.942. The van der Waals surface area contributed by atoms with Crippen LogP contribution in [0.2, 0.25) is 0 Å². The standard InChI is InChI=1S/C6H5NO2.Eu/c8-6(9)5-2-1-3-7-4-5;/h1-4H,(H,8,9);. The second-order valence-electron chi connectivity index (χ2n) is 1.55. The largest absolute Gasteiger partial charge is 0.478 e. The van der Waals surface area contributed by atoms with Crippen molar-refractivity contribution < 1.29 is 59.3 Å². The third-order valence-electron chi connectivity index (χ3n) is 0.908. The van der Waals surface area contributed by atoms with Crippen molar-refractivity contribution in [3.63, 3.8) is 0 Å². The summed E-state index contributed by atoms with van der Waals surface area (Å²) in [5, 5.41) is 8.34. The molecule has 1 aromatic rings. The van der Waals surface area contributed by atoms with Gasteiger partial charge in [-0.05, 0) is 12.1 Å². The molecule has 3 nitrogen and oxygen atoms in total. The fraction of sp³-hybridized carbons (Fsp3) is 0. The normalized spacial score (nSPS) is 8.00. The van der Waals surface area contributed by atoms with Crippen LogP contribution in [0.4, 0.5) is 0 Å². The topological polar surface area (TPSA) is 50.2 Å². The minimum Gasteiger partial charge on any atom is -0.478 e. The number of aromatic nitrogens is 1. The average Bonchev–Trinajstić information content (AvgIpc) is 1.90. The molecular formula is C6H5EuNO2. The minimum absolute atomic E-state index is 0. The maximum absolute atomic E-state index is 10.2. The van der Waals surface area contributed by atoms with Crippen molar-refractivity contribution in [1.82, 2.24) is 4.98 Å². The summed E-state index contributed by atoms with van der Waals surface area (Å²) in [6.45, 7) is 0. The number of aromatic carboxylic acids is 1. The van der Waals surface area contributed by atoms with Gasteiger partial charge >= 0.3 is 5.97 Å². The second kappa shape index (κ2) is 4.94. The van der Waals surface area contributed by atoms with Crippen LogP contribution in [-0.4, -0.2) is 16.1 Å². The number of hydrogen-bond acceptors (Lipinski definition) is 2. The molecule has 0 aliphatic heterocycles. The van der Waals surface area contributed by atoms with Crippen LogP contribution >= 0.6 is 0 Å². The molecule has 0 unspecified atom stereocenters. The monoisotopic (exact) mass is 276 g/mol. The Hall–Kier alpha value is 0.204. The van der Waals surface area contributed by atoms with E-state index in [1.807, 2.05) is 0 Å². The van der Waals surface area contributed by atoms with Crippen molar-refractivity contribution in [2.75, 3.05) is 0 Å². The van der Waals surface area contributed by atoms with Gasteiger partial charge in [0.1, 0.15) is 0 Å². The third-order valence-corrected chi connectivity index (χ3v) is 0.908. The van der Waals surface area contributed by atoms with Crippen LogP contribution in [0.5, 0.6) is 0 Å². The van der Waals surface area contributed by atoms with E-state index in [0.717, 1.165) is 0 Å². The number of nitrogens with zero attached hydrogens (tertiary/aromatic N) is 1. The van der Waals surface area contributed by atoms with Crippen molar-refractivity contribution in [3.8, 4) is 0 Å². The number of hydrogen-bond donors (Lipinski definition) is 1. The first kappa shape index (κ1) is 10.2. The summed E-state index contributed by atoms with van der Waals surface area (Å²) < 4.78 is 0. The van der Waals surface area contributed by atoms with Gasteiger partial charge in [0.15, 0.2) is 0 Å². The number of rotatable bonds is 1. The summed E-state index contributed by atoms with van der Waals surface area (Å²) in [6, 6.07) is 3.08. The van der Waals surface area contributed by atoms with Gasteiger partial charge in [-0.2, -0.15) is 0 Å². The van der Waals surface area contributed by atoms with E-state index < -0.39 is 5.97 Å². The molecule has 0 aliphatic rings. The third kappa shape index (κ3) is 2.86. The molecule has 0 aromatic carbocycles. The van der Waals surface area contributed by atoms with Gasteiger partial charge in [-0.3, -0.25) is 4.98 Å². The van der Waals surface area contributed by atoms with Crippen molar-refractivity contribution in [1.29, 1.82) is 0 Å². The molecule has 0 amide bonds. The SMILES string of the molecule is O=C(O)c1cccnc1.[Eu]. The Morgan fingerprint density at radius 3 is 2.60 bits per heavy atom. The quantitative estimate of drug-likeness (QED) is 0.824. The van der Waals surface area contributed by atoms with Crippen molar-refractivity contribution in [2.45, 2.75) is 0 Å². The molecule has 1 rings (SSSR count). The van der Waals surface area contributed by atoms with Crippen molar-refractivity contribution in [3.05, 3.63) is 30.1 Å². The summed E-state index contributed by atoms with van der Waals surface area (Å²) >= 11 is 0. The molecule has 1 N–H and O–H groups in total. The van der Waals surface area contributed by atoms with Gasteiger partial charge in [-0.15, -0.1) is 0 Å². The first-order valence-corrected chi connectivity index (χ1v) is 2.44. The maximum Gasteiger partial charge on any atom is 0.337 e. The van der Waals surface area contributed by atoms with E-state index in [-0.39, 0.29) is 54.9 Å². The van der Waals surface area contributed by atoms with Crippen molar-refractivity contribution >= 4 is 5.97 Å². The van der Waals surface area contributed by atoms with Crippen LogP contribution in [0.1, 0.15) is 10.4 Å². The van der Waals surface area contributed by atoms with Crippen LogP contribution in [0.15, 0.2) is 24.5 Å². The van der Waals surface area contributed by atoms with E-state index in [4.69, 9.17) is 5.11 Å². The fourth-order valence-corrected chi connectivity index (χ4v) is 0.489. The molecule has 1 aromatic heterocycles. The Morgan fingerprint density at radius 1 is 1.60 bits per heavy atom. The van der Waals surface area contributed by atoms with Crippen LogP contribution < -0.4 is 0 Å². The molecule has 0 saturated heterocycles. The molecule has 0 fully saturated rings. The smallest absolute Gasteiger partial charge is 0.337 e. The van der Waals surface area contributed by atoms with Gasteiger partial charge in [-0.1, -0.05) is 0 Å². The van der Waals surface area contributed by atoms with Crippen LogP contribution in [0, 0.1) is 49.4 Å². The predicted molar refractivity (Wildman–Crippen MR) is 31.2 cm³/mol. The molecule has 1 heterocycles. The van der Waals surface area contributed by atoms with Crippen LogP contribution in [0.3, 0.4) is 0 Å². The van der Waals surface area contributed by atoms with E-state index in [0.29, 0.717) is 0 Å². The number of carbonyl (C=O) groups is 1. The van der Waals surface area contributed by atoms with Gasteiger partial charge in [0.25, 0.3) is 0 Å². The van der Waals surface area contributed by atoms with Gasteiger partial charge < -0.3 is 5.11 Å². The van der Waals surface area contributed by atoms with Crippen molar-refractivity contribution in [2.24, 2.45) is 0 Å². The molecule has 53 valence electrons. The summed E-state index contributed by atoms with van der Waals surface area (Å²) in [5.74, 6) is -0.942. The van der Waals surface area contributed by atoms with Gasteiger partial charge in [0.2, 0.25) is 0 Å². The van der Waals surface area contributed by atoms with E-state index in [2.05, 4.69) is 4.98 Å². The predicted octanol–water partition coefficient (Wildman–Crippen LogP) is 0.780. The Kier molecular flexibility index (Phi) is 5.04. The van der Waals surface area contributed by atoms with Crippen LogP contribution in [-0.2, 0) is 0 Å². The second-order valence-corrected chi connectivity index (χ2v) is 1.55. The van der Waals surface area contributed by atoms with E-state index >= 15 is 0 Å². The van der Waals surface area contributed by atoms with E-state index in [9.17, 15) is 4.79 Å². The number of pyridine rings is 1. The molecule has 0 saturated carbocycles. The molecule has 0 atom stereocenters. The Bertz CT molecular complexity index is 212. The maximum atomic E-state index is 10.2. The molecule has 0 bridgehead atoms. The average molecular weight is 275 g/mol. The van der Waals surface area contributed by atoms with Gasteiger partial charge in [-0.25, -0.2) is 4.79 Å². The van der Waals surface area contributed by atoms with Crippen LogP contribution in [0.25, 0.3) is 0 Å². The Labute approximate surface area is 99.0 Å². The Balaban J connectivity index is 0.000000810. The Morgan fingerprint density at radius 2 is 2.30 bits per heavy atom.